The lowest BCUT2D eigenvalue weighted by molar-refractivity contribution is -0.127. The predicted molar refractivity (Wildman–Crippen MR) is 98.6 cm³/mol. The Kier molecular flexibility index (Phi) is 6.68. The molecule has 4 heteroatoms. The molecule has 0 aromatic heterocycles. The SMILES string of the molecule is Cc1cc(OC(C)C(=O)NC(C)CCc2ccccc2)ccc1Cl. The summed E-state index contributed by atoms with van der Waals surface area (Å²) in [6.45, 7) is 5.68. The van der Waals surface area contributed by atoms with Gasteiger partial charge in [-0.2, -0.15) is 0 Å². The molecule has 0 spiro atoms. The van der Waals surface area contributed by atoms with Crippen molar-refractivity contribution in [3.8, 4) is 5.75 Å². The number of carbonyl (C=O) groups excluding carboxylic acids is 1. The van der Waals surface area contributed by atoms with Crippen molar-refractivity contribution in [2.24, 2.45) is 0 Å². The number of ether oxygens (including phenoxy) is 1. The summed E-state index contributed by atoms with van der Waals surface area (Å²) in [5, 5.41) is 3.70. The summed E-state index contributed by atoms with van der Waals surface area (Å²) in [5.74, 6) is 0.541. The number of halogens is 1. The molecule has 0 heterocycles. The minimum absolute atomic E-state index is 0.0933. The van der Waals surface area contributed by atoms with Gasteiger partial charge in [-0.25, -0.2) is 0 Å². The zero-order valence-corrected chi connectivity index (χ0v) is 15.1. The van der Waals surface area contributed by atoms with Gasteiger partial charge in [-0.1, -0.05) is 41.9 Å². The third-order valence-corrected chi connectivity index (χ3v) is 4.33. The molecular weight excluding hydrogens is 322 g/mol. The Morgan fingerprint density at radius 1 is 1.17 bits per heavy atom. The van der Waals surface area contributed by atoms with Crippen molar-refractivity contribution in [1.82, 2.24) is 5.32 Å². The molecule has 0 bridgehead atoms. The van der Waals surface area contributed by atoms with Crippen molar-refractivity contribution in [3.63, 3.8) is 0 Å². The third-order valence-electron chi connectivity index (χ3n) is 3.91. The first-order chi connectivity index (χ1) is 11.5. The van der Waals surface area contributed by atoms with E-state index in [1.807, 2.05) is 38.1 Å². The van der Waals surface area contributed by atoms with Crippen LogP contribution in [-0.2, 0) is 11.2 Å². The number of benzene rings is 2. The maximum atomic E-state index is 12.3. The Labute approximate surface area is 149 Å². The van der Waals surface area contributed by atoms with Crippen molar-refractivity contribution >= 4 is 17.5 Å². The number of hydrogen-bond donors (Lipinski definition) is 1. The molecule has 2 aromatic rings. The first-order valence-corrected chi connectivity index (χ1v) is 8.60. The highest BCUT2D eigenvalue weighted by atomic mass is 35.5. The fourth-order valence-electron chi connectivity index (χ4n) is 2.41. The highest BCUT2D eigenvalue weighted by molar-refractivity contribution is 6.31. The molecule has 0 fully saturated rings. The van der Waals surface area contributed by atoms with Gasteiger partial charge in [-0.05, 0) is 62.9 Å². The topological polar surface area (TPSA) is 38.3 Å². The molecule has 1 amide bonds. The van der Waals surface area contributed by atoms with E-state index in [2.05, 4.69) is 17.4 Å². The Morgan fingerprint density at radius 2 is 1.88 bits per heavy atom. The highest BCUT2D eigenvalue weighted by Gasteiger charge is 2.17. The zero-order chi connectivity index (χ0) is 17.5. The van der Waals surface area contributed by atoms with E-state index in [-0.39, 0.29) is 11.9 Å². The summed E-state index contributed by atoms with van der Waals surface area (Å²) < 4.78 is 5.70. The van der Waals surface area contributed by atoms with Crippen LogP contribution < -0.4 is 10.1 Å². The van der Waals surface area contributed by atoms with E-state index in [0.29, 0.717) is 10.8 Å². The molecule has 0 aliphatic carbocycles. The number of rotatable bonds is 7. The summed E-state index contributed by atoms with van der Waals surface area (Å²) >= 11 is 6.00. The number of nitrogens with one attached hydrogen (secondary N) is 1. The first kappa shape index (κ1) is 18.3. The summed E-state index contributed by atoms with van der Waals surface area (Å²) in [7, 11) is 0. The van der Waals surface area contributed by atoms with Crippen LogP contribution in [-0.4, -0.2) is 18.1 Å². The molecule has 1 N–H and O–H groups in total. The lowest BCUT2D eigenvalue weighted by Gasteiger charge is -2.19. The van der Waals surface area contributed by atoms with Crippen LogP contribution in [0.25, 0.3) is 0 Å². The Hall–Kier alpha value is -2.00. The highest BCUT2D eigenvalue weighted by Crippen LogP contribution is 2.21. The Bertz CT molecular complexity index is 673. The molecule has 128 valence electrons. The molecule has 3 nitrogen and oxygen atoms in total. The normalized spacial score (nSPS) is 13.2. The van der Waals surface area contributed by atoms with Crippen molar-refractivity contribution in [1.29, 1.82) is 0 Å². The quantitative estimate of drug-likeness (QED) is 0.799. The number of carbonyl (C=O) groups is 1. The van der Waals surface area contributed by atoms with Gasteiger partial charge in [0, 0.05) is 11.1 Å². The third kappa shape index (κ3) is 5.57. The lowest BCUT2D eigenvalue weighted by atomic mass is 10.1. The summed E-state index contributed by atoms with van der Waals surface area (Å²) in [5.41, 5.74) is 2.21. The second-order valence-corrected chi connectivity index (χ2v) is 6.51. The van der Waals surface area contributed by atoms with Crippen molar-refractivity contribution < 1.29 is 9.53 Å². The van der Waals surface area contributed by atoms with Crippen LogP contribution in [0.1, 0.15) is 31.4 Å². The zero-order valence-electron chi connectivity index (χ0n) is 14.4. The van der Waals surface area contributed by atoms with Crippen LogP contribution in [0, 0.1) is 6.92 Å². The standard InChI is InChI=1S/C20H24ClNO2/c1-14-13-18(11-12-19(14)21)24-16(3)20(23)22-15(2)9-10-17-7-5-4-6-8-17/h4-8,11-13,15-16H,9-10H2,1-3H3,(H,22,23). The van der Waals surface area contributed by atoms with Crippen LogP contribution in [0.3, 0.4) is 0 Å². The fraction of sp³-hybridized carbons (Fsp3) is 0.350. The minimum atomic E-state index is -0.551. The molecule has 0 aliphatic heterocycles. The van der Waals surface area contributed by atoms with E-state index in [1.54, 1.807) is 19.1 Å². The molecule has 0 saturated carbocycles. The number of aryl methyl sites for hydroxylation is 2. The predicted octanol–water partition coefficient (Wildman–Crippen LogP) is 4.55. The molecule has 0 saturated heterocycles. The monoisotopic (exact) mass is 345 g/mol. The van der Waals surface area contributed by atoms with Gasteiger partial charge in [0.15, 0.2) is 6.10 Å². The second kappa shape index (κ2) is 8.74. The van der Waals surface area contributed by atoms with Crippen LogP contribution in [0.15, 0.2) is 48.5 Å². The van der Waals surface area contributed by atoms with Gasteiger partial charge < -0.3 is 10.1 Å². The molecule has 0 radical (unpaired) electrons. The van der Waals surface area contributed by atoms with Gasteiger partial charge >= 0.3 is 0 Å². The van der Waals surface area contributed by atoms with E-state index in [1.165, 1.54) is 5.56 Å². The van der Waals surface area contributed by atoms with Gasteiger partial charge in [0.05, 0.1) is 0 Å². The minimum Gasteiger partial charge on any atom is -0.481 e. The van der Waals surface area contributed by atoms with Crippen LogP contribution in [0.4, 0.5) is 0 Å². The molecule has 24 heavy (non-hydrogen) atoms. The Balaban J connectivity index is 1.80. The second-order valence-electron chi connectivity index (χ2n) is 6.10. The van der Waals surface area contributed by atoms with E-state index in [9.17, 15) is 4.79 Å². The van der Waals surface area contributed by atoms with Gasteiger partial charge in [0.2, 0.25) is 0 Å². The van der Waals surface area contributed by atoms with Crippen molar-refractivity contribution in [2.75, 3.05) is 0 Å². The largest absolute Gasteiger partial charge is 0.481 e. The molecular formula is C20H24ClNO2. The van der Waals surface area contributed by atoms with Gasteiger partial charge in [-0.15, -0.1) is 0 Å². The summed E-state index contributed by atoms with van der Waals surface area (Å²) in [6.07, 6.45) is 1.28. The van der Waals surface area contributed by atoms with Gasteiger partial charge in [0.25, 0.3) is 5.91 Å². The maximum Gasteiger partial charge on any atom is 0.260 e. The summed E-state index contributed by atoms with van der Waals surface area (Å²) in [4.78, 5) is 12.3. The maximum absolute atomic E-state index is 12.3. The van der Waals surface area contributed by atoms with Crippen molar-refractivity contribution in [3.05, 3.63) is 64.7 Å². The molecule has 2 rings (SSSR count). The molecule has 2 aromatic carbocycles. The number of hydrogen-bond acceptors (Lipinski definition) is 2. The molecule has 2 unspecified atom stereocenters. The van der Waals surface area contributed by atoms with Gasteiger partial charge in [-0.3, -0.25) is 4.79 Å². The van der Waals surface area contributed by atoms with E-state index < -0.39 is 6.10 Å². The first-order valence-electron chi connectivity index (χ1n) is 8.23. The van der Waals surface area contributed by atoms with Crippen molar-refractivity contribution in [2.45, 2.75) is 45.8 Å². The van der Waals surface area contributed by atoms with E-state index in [4.69, 9.17) is 16.3 Å². The van der Waals surface area contributed by atoms with E-state index >= 15 is 0 Å². The Morgan fingerprint density at radius 3 is 2.54 bits per heavy atom. The molecule has 0 aliphatic rings. The average Bonchev–Trinajstić information content (AvgIpc) is 2.57. The summed E-state index contributed by atoms with van der Waals surface area (Å²) in [6, 6.07) is 15.8. The van der Waals surface area contributed by atoms with Gasteiger partial charge in [0.1, 0.15) is 5.75 Å². The average molecular weight is 346 g/mol. The smallest absolute Gasteiger partial charge is 0.260 e. The van der Waals surface area contributed by atoms with Crippen LogP contribution >= 0.6 is 11.6 Å². The lowest BCUT2D eigenvalue weighted by Crippen LogP contribution is -2.41. The fourth-order valence-corrected chi connectivity index (χ4v) is 2.53. The number of amides is 1. The molecule has 2 atom stereocenters. The van der Waals surface area contributed by atoms with Crippen LogP contribution in [0.2, 0.25) is 5.02 Å². The van der Waals surface area contributed by atoms with E-state index in [0.717, 1.165) is 18.4 Å². The van der Waals surface area contributed by atoms with Crippen LogP contribution in [0.5, 0.6) is 5.75 Å².